The van der Waals surface area contributed by atoms with E-state index < -0.39 is 15.5 Å². The normalized spacial score (nSPS) is 12.0. The molecule has 0 atom stereocenters. The minimum atomic E-state index is -5.48. The molecule has 0 spiro atoms. The predicted octanol–water partition coefficient (Wildman–Crippen LogP) is 3.49. The average Bonchev–Trinajstić information content (AvgIpc) is 2.40. The molecule has 2 aromatic rings. The number of hydrogen-bond donors (Lipinski definition) is 1. The fourth-order valence-corrected chi connectivity index (χ4v) is 2.22. The molecule has 0 amide bonds. The van der Waals surface area contributed by atoms with Crippen molar-refractivity contribution in [3.8, 4) is 11.6 Å². The van der Waals surface area contributed by atoms with E-state index in [2.05, 4.69) is 9.97 Å². The van der Waals surface area contributed by atoms with Crippen LogP contribution in [0.5, 0.6) is 11.6 Å². The number of aryl methyl sites for hydroxylation is 1. The second-order valence-corrected chi connectivity index (χ2v) is 6.37. The van der Waals surface area contributed by atoms with E-state index in [9.17, 15) is 21.6 Å². The molecule has 0 bridgehead atoms. The molecule has 1 heterocycles. The van der Waals surface area contributed by atoms with E-state index in [0.717, 1.165) is 6.07 Å². The number of benzene rings is 1. The average molecular weight is 368 g/mol. The fourth-order valence-electron chi connectivity index (χ4n) is 1.53. The highest BCUT2D eigenvalue weighted by Crippen LogP contribution is 2.29. The molecule has 0 aliphatic rings. The third-order valence-corrected chi connectivity index (χ3v) is 3.83. The van der Waals surface area contributed by atoms with Crippen molar-refractivity contribution in [3.63, 3.8) is 0 Å². The van der Waals surface area contributed by atoms with E-state index in [-0.39, 0.29) is 22.5 Å². The molecular formula is C12H9ClF3N3O3S. The molecule has 2 rings (SSSR count). The van der Waals surface area contributed by atoms with Crippen molar-refractivity contribution >= 4 is 27.3 Å². The van der Waals surface area contributed by atoms with E-state index in [1.54, 1.807) is 0 Å². The highest BCUT2D eigenvalue weighted by Gasteiger charge is 2.46. The predicted molar refractivity (Wildman–Crippen MR) is 76.9 cm³/mol. The summed E-state index contributed by atoms with van der Waals surface area (Å²) in [5, 5.41) is 0.106. The molecular weight excluding hydrogens is 359 g/mol. The van der Waals surface area contributed by atoms with Crippen LogP contribution in [0.25, 0.3) is 0 Å². The fraction of sp³-hybridized carbons (Fsp3) is 0.167. The molecule has 124 valence electrons. The van der Waals surface area contributed by atoms with Crippen LogP contribution >= 0.6 is 11.6 Å². The minimum absolute atomic E-state index is 0.0872. The molecule has 6 nitrogen and oxygen atoms in total. The van der Waals surface area contributed by atoms with Crippen LogP contribution in [0.4, 0.5) is 18.9 Å². The Morgan fingerprint density at radius 2 is 1.96 bits per heavy atom. The van der Waals surface area contributed by atoms with Crippen molar-refractivity contribution in [1.29, 1.82) is 0 Å². The molecule has 0 fully saturated rings. The number of aromatic nitrogens is 2. The molecule has 11 heteroatoms. The first kappa shape index (κ1) is 17.3. The van der Waals surface area contributed by atoms with Gasteiger partial charge in [-0.25, -0.2) is 0 Å². The van der Waals surface area contributed by atoms with Gasteiger partial charge in [0.25, 0.3) is 0 Å². The van der Waals surface area contributed by atoms with E-state index >= 15 is 0 Å². The summed E-state index contributed by atoms with van der Waals surface area (Å²) in [4.78, 5) is 7.61. The SMILES string of the molecule is Cc1cc(NS(=O)(=O)C(F)(F)F)ccc1Oc1cncc(Cl)n1. The molecule has 0 saturated carbocycles. The largest absolute Gasteiger partial charge is 0.516 e. The third kappa shape index (κ3) is 4.23. The number of ether oxygens (including phenoxy) is 1. The van der Waals surface area contributed by atoms with Crippen LogP contribution in [0.1, 0.15) is 5.56 Å². The van der Waals surface area contributed by atoms with Gasteiger partial charge in [0.05, 0.1) is 12.4 Å². The summed E-state index contributed by atoms with van der Waals surface area (Å²) in [5.74, 6) is 0.348. The van der Waals surface area contributed by atoms with Gasteiger partial charge < -0.3 is 4.74 Å². The number of rotatable bonds is 4. The molecule has 0 aliphatic carbocycles. The first-order valence-electron chi connectivity index (χ1n) is 5.93. The van der Waals surface area contributed by atoms with Crippen molar-refractivity contribution in [2.75, 3.05) is 4.72 Å². The van der Waals surface area contributed by atoms with Crippen molar-refractivity contribution in [2.24, 2.45) is 0 Å². The highest BCUT2D eigenvalue weighted by atomic mass is 35.5. The van der Waals surface area contributed by atoms with Crippen LogP contribution in [0, 0.1) is 6.92 Å². The Morgan fingerprint density at radius 3 is 2.52 bits per heavy atom. The maximum Gasteiger partial charge on any atom is 0.516 e. The Labute approximate surface area is 134 Å². The topological polar surface area (TPSA) is 81.2 Å². The zero-order valence-corrected chi connectivity index (χ0v) is 13.0. The lowest BCUT2D eigenvalue weighted by Gasteiger charge is -2.13. The molecule has 0 radical (unpaired) electrons. The van der Waals surface area contributed by atoms with Crippen LogP contribution in [0.2, 0.25) is 5.15 Å². The number of hydrogen-bond acceptors (Lipinski definition) is 5. The van der Waals surface area contributed by atoms with Gasteiger partial charge in [0.15, 0.2) is 5.15 Å². The van der Waals surface area contributed by atoms with E-state index in [4.69, 9.17) is 16.3 Å². The quantitative estimate of drug-likeness (QED) is 0.894. The highest BCUT2D eigenvalue weighted by molar-refractivity contribution is 7.93. The number of alkyl halides is 3. The number of halogens is 4. The zero-order valence-electron chi connectivity index (χ0n) is 11.4. The van der Waals surface area contributed by atoms with Crippen LogP contribution in [-0.2, 0) is 10.0 Å². The van der Waals surface area contributed by atoms with Gasteiger partial charge in [-0.3, -0.25) is 9.71 Å². The van der Waals surface area contributed by atoms with Gasteiger partial charge in [-0.05, 0) is 30.7 Å². The smallest absolute Gasteiger partial charge is 0.437 e. The van der Waals surface area contributed by atoms with Crippen LogP contribution in [-0.4, -0.2) is 23.9 Å². The van der Waals surface area contributed by atoms with Gasteiger partial charge in [-0.2, -0.15) is 26.6 Å². The number of anilines is 1. The molecule has 0 aliphatic heterocycles. The molecule has 23 heavy (non-hydrogen) atoms. The lowest BCUT2D eigenvalue weighted by molar-refractivity contribution is -0.0429. The second kappa shape index (κ2) is 6.20. The van der Waals surface area contributed by atoms with Gasteiger partial charge >= 0.3 is 15.5 Å². The first-order chi connectivity index (χ1) is 10.6. The summed E-state index contributed by atoms with van der Waals surface area (Å²) in [7, 11) is -5.48. The Kier molecular flexibility index (Phi) is 4.66. The molecule has 0 saturated heterocycles. The first-order valence-corrected chi connectivity index (χ1v) is 7.80. The van der Waals surface area contributed by atoms with Crippen molar-refractivity contribution in [2.45, 2.75) is 12.4 Å². The van der Waals surface area contributed by atoms with Crippen LogP contribution < -0.4 is 9.46 Å². The van der Waals surface area contributed by atoms with E-state index in [1.807, 2.05) is 0 Å². The molecule has 1 N–H and O–H groups in total. The van der Waals surface area contributed by atoms with Crippen molar-refractivity contribution < 1.29 is 26.3 Å². The third-order valence-electron chi connectivity index (χ3n) is 2.53. The Balaban J connectivity index is 2.22. The number of nitrogens with zero attached hydrogens (tertiary/aromatic N) is 2. The Hall–Kier alpha value is -2.07. The van der Waals surface area contributed by atoms with Crippen LogP contribution in [0.3, 0.4) is 0 Å². The lowest BCUT2D eigenvalue weighted by Crippen LogP contribution is -2.29. The monoisotopic (exact) mass is 367 g/mol. The molecule has 1 aromatic heterocycles. The second-order valence-electron chi connectivity index (χ2n) is 4.31. The zero-order chi connectivity index (χ0) is 17.3. The van der Waals surface area contributed by atoms with Crippen molar-refractivity contribution in [1.82, 2.24) is 9.97 Å². The van der Waals surface area contributed by atoms with Gasteiger partial charge in [0.1, 0.15) is 5.75 Å². The molecule has 1 aromatic carbocycles. The van der Waals surface area contributed by atoms with Gasteiger partial charge in [-0.15, -0.1) is 0 Å². The lowest BCUT2D eigenvalue weighted by atomic mass is 10.2. The summed E-state index contributed by atoms with van der Waals surface area (Å²) < 4.78 is 65.9. The Morgan fingerprint density at radius 1 is 1.26 bits per heavy atom. The summed E-state index contributed by atoms with van der Waals surface area (Å²) in [5.41, 5.74) is -5.26. The summed E-state index contributed by atoms with van der Waals surface area (Å²) in [6, 6.07) is 3.62. The Bertz CT molecular complexity index is 828. The summed E-state index contributed by atoms with van der Waals surface area (Å²) in [6.07, 6.45) is 2.60. The van der Waals surface area contributed by atoms with E-state index in [0.29, 0.717) is 5.56 Å². The maximum absolute atomic E-state index is 12.3. The summed E-state index contributed by atoms with van der Waals surface area (Å²) in [6.45, 7) is 1.53. The van der Waals surface area contributed by atoms with Crippen molar-refractivity contribution in [3.05, 3.63) is 41.3 Å². The summed E-state index contributed by atoms with van der Waals surface area (Å²) >= 11 is 5.65. The number of nitrogens with one attached hydrogen (secondary N) is 1. The maximum atomic E-state index is 12.3. The van der Waals surface area contributed by atoms with E-state index in [1.165, 1.54) is 36.2 Å². The standard InChI is InChI=1S/C12H9ClF3N3O3S/c1-7-4-8(19-23(20,21)12(14,15)16)2-3-9(7)22-11-6-17-5-10(13)18-11/h2-6,19H,1H3. The number of sulfonamides is 1. The molecule has 0 unspecified atom stereocenters. The van der Waals surface area contributed by atoms with Gasteiger partial charge in [0, 0.05) is 5.69 Å². The van der Waals surface area contributed by atoms with Gasteiger partial charge in [0.2, 0.25) is 5.88 Å². The van der Waals surface area contributed by atoms with Crippen LogP contribution in [0.15, 0.2) is 30.6 Å². The van der Waals surface area contributed by atoms with Gasteiger partial charge in [-0.1, -0.05) is 11.6 Å². The minimum Gasteiger partial charge on any atom is -0.437 e.